The normalized spacial score (nSPS) is 31.7. The summed E-state index contributed by atoms with van der Waals surface area (Å²) in [7, 11) is 0. The highest BCUT2D eigenvalue weighted by Crippen LogP contribution is 2.35. The molecule has 3 rings (SSSR count). The largest absolute Gasteiger partial charge is 0.328 e. The van der Waals surface area contributed by atoms with Gasteiger partial charge in [0.25, 0.3) is 0 Å². The minimum Gasteiger partial charge on any atom is -0.328 e. The summed E-state index contributed by atoms with van der Waals surface area (Å²) >= 11 is 0. The van der Waals surface area contributed by atoms with Crippen molar-refractivity contribution in [3.63, 3.8) is 0 Å². The van der Waals surface area contributed by atoms with Crippen LogP contribution in [-0.4, -0.2) is 29.6 Å². The molecular weight excluding hydrogens is 220 g/mol. The number of aryl methyl sites for hydroxylation is 1. The zero-order chi connectivity index (χ0) is 12.4. The average Bonchev–Trinajstić information content (AvgIpc) is 2.63. The van der Waals surface area contributed by atoms with Crippen molar-refractivity contribution in [1.29, 1.82) is 0 Å². The molecule has 2 atom stereocenters. The molecule has 0 spiro atoms. The van der Waals surface area contributed by atoms with E-state index >= 15 is 0 Å². The van der Waals surface area contributed by atoms with Crippen LogP contribution in [0.4, 0.5) is 0 Å². The van der Waals surface area contributed by atoms with E-state index in [1.165, 1.54) is 50.6 Å². The third-order valence-electron chi connectivity index (χ3n) is 4.65. The van der Waals surface area contributed by atoms with Gasteiger partial charge in [-0.05, 0) is 50.6 Å². The van der Waals surface area contributed by atoms with Crippen LogP contribution in [0, 0.1) is 0 Å². The average molecular weight is 244 g/mol. The molecule has 2 N–H and O–H groups in total. The molecule has 0 amide bonds. The Balaban J connectivity index is 1.49. The molecule has 0 saturated carbocycles. The van der Waals surface area contributed by atoms with E-state index in [1.54, 1.807) is 0 Å². The molecule has 2 unspecified atom stereocenters. The third-order valence-corrected chi connectivity index (χ3v) is 4.65. The van der Waals surface area contributed by atoms with Crippen molar-refractivity contribution in [2.24, 2.45) is 5.73 Å². The van der Waals surface area contributed by atoms with Gasteiger partial charge in [-0.1, -0.05) is 30.3 Å². The van der Waals surface area contributed by atoms with E-state index in [0.717, 1.165) is 12.1 Å². The van der Waals surface area contributed by atoms with Gasteiger partial charge in [0.05, 0.1) is 0 Å². The lowest BCUT2D eigenvalue weighted by molar-refractivity contribution is 0.126. The molecule has 2 fully saturated rings. The van der Waals surface area contributed by atoms with E-state index in [4.69, 9.17) is 5.73 Å². The number of rotatable bonds is 4. The Morgan fingerprint density at radius 2 is 1.72 bits per heavy atom. The van der Waals surface area contributed by atoms with Crippen LogP contribution in [0.2, 0.25) is 0 Å². The van der Waals surface area contributed by atoms with E-state index < -0.39 is 0 Å². The second kappa shape index (κ2) is 5.41. The second-order valence-electron chi connectivity index (χ2n) is 5.94. The lowest BCUT2D eigenvalue weighted by Crippen LogP contribution is -2.47. The number of piperidine rings is 1. The fourth-order valence-electron chi connectivity index (χ4n) is 3.79. The SMILES string of the molecule is NC1CC2CCC(C1)N2CCCc1ccccc1. The number of hydrogen-bond acceptors (Lipinski definition) is 2. The number of nitrogens with zero attached hydrogens (tertiary/aromatic N) is 1. The van der Waals surface area contributed by atoms with Crippen molar-refractivity contribution in [2.75, 3.05) is 6.54 Å². The Hall–Kier alpha value is -0.860. The highest BCUT2D eigenvalue weighted by molar-refractivity contribution is 5.14. The summed E-state index contributed by atoms with van der Waals surface area (Å²) in [5.74, 6) is 0. The first-order valence-electron chi connectivity index (χ1n) is 7.38. The van der Waals surface area contributed by atoms with Gasteiger partial charge in [-0.2, -0.15) is 0 Å². The molecule has 2 bridgehead atoms. The predicted molar refractivity (Wildman–Crippen MR) is 75.5 cm³/mol. The highest BCUT2D eigenvalue weighted by Gasteiger charge is 2.38. The number of fused-ring (bicyclic) bond motifs is 2. The molecule has 18 heavy (non-hydrogen) atoms. The quantitative estimate of drug-likeness (QED) is 0.882. The molecule has 1 aromatic rings. The van der Waals surface area contributed by atoms with Crippen molar-refractivity contribution in [3.8, 4) is 0 Å². The van der Waals surface area contributed by atoms with Crippen molar-refractivity contribution >= 4 is 0 Å². The highest BCUT2D eigenvalue weighted by atomic mass is 15.2. The lowest BCUT2D eigenvalue weighted by atomic mass is 9.97. The van der Waals surface area contributed by atoms with Gasteiger partial charge in [0.1, 0.15) is 0 Å². The van der Waals surface area contributed by atoms with Gasteiger partial charge in [0, 0.05) is 18.1 Å². The monoisotopic (exact) mass is 244 g/mol. The fraction of sp³-hybridized carbons (Fsp3) is 0.625. The first kappa shape index (κ1) is 12.2. The Labute approximate surface area is 110 Å². The van der Waals surface area contributed by atoms with Crippen LogP contribution in [0.1, 0.15) is 37.7 Å². The fourth-order valence-corrected chi connectivity index (χ4v) is 3.79. The van der Waals surface area contributed by atoms with Gasteiger partial charge in [-0.15, -0.1) is 0 Å². The molecule has 0 radical (unpaired) electrons. The maximum atomic E-state index is 6.11. The first-order valence-corrected chi connectivity index (χ1v) is 7.38. The maximum Gasteiger partial charge on any atom is 0.0113 e. The van der Waals surface area contributed by atoms with Gasteiger partial charge in [-0.25, -0.2) is 0 Å². The van der Waals surface area contributed by atoms with Gasteiger partial charge in [0.2, 0.25) is 0 Å². The van der Waals surface area contributed by atoms with Crippen molar-refractivity contribution in [1.82, 2.24) is 4.90 Å². The molecule has 1 aromatic carbocycles. The Kier molecular flexibility index (Phi) is 3.67. The molecule has 2 aliphatic heterocycles. The Morgan fingerprint density at radius 1 is 1.06 bits per heavy atom. The van der Waals surface area contributed by atoms with E-state index in [1.807, 2.05) is 0 Å². The molecule has 2 aliphatic rings. The summed E-state index contributed by atoms with van der Waals surface area (Å²) in [4.78, 5) is 2.74. The molecule has 2 nitrogen and oxygen atoms in total. The predicted octanol–water partition coefficient (Wildman–Crippen LogP) is 2.57. The zero-order valence-corrected chi connectivity index (χ0v) is 11.1. The summed E-state index contributed by atoms with van der Waals surface area (Å²) < 4.78 is 0. The molecule has 0 aliphatic carbocycles. The number of hydrogen-bond donors (Lipinski definition) is 1. The van der Waals surface area contributed by atoms with Gasteiger partial charge >= 0.3 is 0 Å². The summed E-state index contributed by atoms with van der Waals surface area (Å²) in [5.41, 5.74) is 7.58. The smallest absolute Gasteiger partial charge is 0.0113 e. The third kappa shape index (κ3) is 2.60. The Bertz CT molecular complexity index is 362. The van der Waals surface area contributed by atoms with Gasteiger partial charge in [-0.3, -0.25) is 4.90 Å². The summed E-state index contributed by atoms with van der Waals surface area (Å²) in [5, 5.41) is 0. The van der Waals surface area contributed by atoms with E-state index in [2.05, 4.69) is 35.2 Å². The standard InChI is InChI=1S/C16H24N2/c17-14-11-15-8-9-16(12-14)18(15)10-4-7-13-5-2-1-3-6-13/h1-3,5-6,14-16H,4,7-12,17H2. The molecule has 98 valence electrons. The van der Waals surface area contributed by atoms with Crippen LogP contribution >= 0.6 is 0 Å². The zero-order valence-electron chi connectivity index (χ0n) is 11.1. The Morgan fingerprint density at radius 3 is 2.39 bits per heavy atom. The van der Waals surface area contributed by atoms with Crippen LogP contribution in [0.15, 0.2) is 30.3 Å². The van der Waals surface area contributed by atoms with Crippen LogP contribution in [-0.2, 0) is 6.42 Å². The van der Waals surface area contributed by atoms with Gasteiger partial charge < -0.3 is 5.73 Å². The topological polar surface area (TPSA) is 29.3 Å². The van der Waals surface area contributed by atoms with Crippen LogP contribution in [0.5, 0.6) is 0 Å². The van der Waals surface area contributed by atoms with E-state index in [-0.39, 0.29) is 0 Å². The van der Waals surface area contributed by atoms with Crippen LogP contribution in [0.3, 0.4) is 0 Å². The summed E-state index contributed by atoms with van der Waals surface area (Å²) in [6.45, 7) is 1.26. The summed E-state index contributed by atoms with van der Waals surface area (Å²) in [6, 6.07) is 12.9. The van der Waals surface area contributed by atoms with E-state index in [0.29, 0.717) is 6.04 Å². The molecule has 0 aromatic heterocycles. The first-order chi connectivity index (χ1) is 8.83. The number of benzene rings is 1. The van der Waals surface area contributed by atoms with Crippen molar-refractivity contribution in [2.45, 2.75) is 56.7 Å². The van der Waals surface area contributed by atoms with Crippen LogP contribution < -0.4 is 5.73 Å². The molecular formula is C16H24N2. The summed E-state index contributed by atoms with van der Waals surface area (Å²) in [6.07, 6.45) is 7.70. The molecule has 2 saturated heterocycles. The number of nitrogens with two attached hydrogens (primary N) is 1. The molecule has 2 heteroatoms. The van der Waals surface area contributed by atoms with Gasteiger partial charge in [0.15, 0.2) is 0 Å². The van der Waals surface area contributed by atoms with E-state index in [9.17, 15) is 0 Å². The molecule has 2 heterocycles. The minimum atomic E-state index is 0.466. The minimum absolute atomic E-state index is 0.466. The van der Waals surface area contributed by atoms with Crippen molar-refractivity contribution in [3.05, 3.63) is 35.9 Å². The lowest BCUT2D eigenvalue weighted by Gasteiger charge is -2.37. The maximum absolute atomic E-state index is 6.11. The van der Waals surface area contributed by atoms with Crippen molar-refractivity contribution < 1.29 is 0 Å². The van der Waals surface area contributed by atoms with Crippen LogP contribution in [0.25, 0.3) is 0 Å². The second-order valence-corrected chi connectivity index (χ2v) is 5.94.